The maximum absolute atomic E-state index is 13.4. The van der Waals surface area contributed by atoms with E-state index in [1.165, 1.54) is 19.2 Å². The van der Waals surface area contributed by atoms with Gasteiger partial charge in [-0.1, -0.05) is 0 Å². The molecular weight excluding hydrogens is 223 g/mol. The van der Waals surface area contributed by atoms with Crippen molar-refractivity contribution in [1.82, 2.24) is 0 Å². The second-order valence-corrected chi connectivity index (χ2v) is 3.55. The minimum atomic E-state index is -0.482. The molecule has 4 nitrogen and oxygen atoms in total. The van der Waals surface area contributed by atoms with Crippen molar-refractivity contribution >= 4 is 11.5 Å². The Kier molecular flexibility index (Phi) is 4.46. The molecule has 0 radical (unpaired) electrons. The lowest BCUT2D eigenvalue weighted by atomic mass is 10.2. The van der Waals surface area contributed by atoms with Gasteiger partial charge in [0.2, 0.25) is 0 Å². The number of carbonyl (C=O) groups is 1. The van der Waals surface area contributed by atoms with Gasteiger partial charge in [0.25, 0.3) is 0 Å². The average Bonchev–Trinajstić information content (AvgIpc) is 2.29. The van der Waals surface area contributed by atoms with Crippen molar-refractivity contribution in [3.8, 4) is 11.8 Å². The zero-order valence-electron chi connectivity index (χ0n) is 9.74. The minimum Gasteiger partial charge on any atom is -0.494 e. The summed E-state index contributed by atoms with van der Waals surface area (Å²) in [7, 11) is 3.05. The lowest BCUT2D eigenvalue weighted by molar-refractivity contribution is -0.116. The largest absolute Gasteiger partial charge is 0.494 e. The summed E-state index contributed by atoms with van der Waals surface area (Å²) >= 11 is 0. The van der Waals surface area contributed by atoms with Crippen LogP contribution in [-0.2, 0) is 4.79 Å². The third kappa shape index (κ3) is 3.45. The Hall–Kier alpha value is -2.09. The van der Waals surface area contributed by atoms with Crippen molar-refractivity contribution in [1.29, 1.82) is 5.26 Å². The molecule has 0 bridgehead atoms. The van der Waals surface area contributed by atoms with Crippen LogP contribution in [0.1, 0.15) is 6.42 Å². The number of hydrogen-bond acceptors (Lipinski definition) is 4. The molecule has 0 fully saturated rings. The first-order chi connectivity index (χ1) is 8.08. The summed E-state index contributed by atoms with van der Waals surface area (Å²) in [4.78, 5) is 12.8. The van der Waals surface area contributed by atoms with Crippen LogP contribution in [0.4, 0.5) is 10.1 Å². The number of likely N-dealkylation sites (N-methyl/N-ethyl adjacent to an activating group) is 1. The molecule has 1 rings (SSSR count). The quantitative estimate of drug-likeness (QED) is 0.781. The summed E-state index contributed by atoms with van der Waals surface area (Å²) in [5.74, 6) is -0.527. The number of methoxy groups -OCH3 is 1. The lowest BCUT2D eigenvalue weighted by Gasteiger charge is -2.18. The lowest BCUT2D eigenvalue weighted by Crippen LogP contribution is -2.25. The third-order valence-corrected chi connectivity index (χ3v) is 2.27. The van der Waals surface area contributed by atoms with Crippen molar-refractivity contribution in [2.45, 2.75) is 6.42 Å². The summed E-state index contributed by atoms with van der Waals surface area (Å²) in [5, 5.41) is 8.37. The van der Waals surface area contributed by atoms with Crippen molar-refractivity contribution in [2.24, 2.45) is 0 Å². The molecule has 0 atom stereocenters. The molecule has 1 aromatic rings. The molecule has 1 aromatic carbocycles. The van der Waals surface area contributed by atoms with E-state index in [9.17, 15) is 9.18 Å². The monoisotopic (exact) mass is 236 g/mol. The normalized spacial score (nSPS) is 9.53. The van der Waals surface area contributed by atoms with Gasteiger partial charge in [-0.25, -0.2) is 4.39 Å². The first-order valence-corrected chi connectivity index (χ1v) is 5.01. The number of ether oxygens (including phenoxy) is 1. The highest BCUT2D eigenvalue weighted by Gasteiger charge is 2.10. The summed E-state index contributed by atoms with van der Waals surface area (Å²) in [6.45, 7) is 0.0827. The molecular formula is C12H13FN2O2. The van der Waals surface area contributed by atoms with Gasteiger partial charge >= 0.3 is 0 Å². The van der Waals surface area contributed by atoms with Gasteiger partial charge in [0.1, 0.15) is 0 Å². The van der Waals surface area contributed by atoms with E-state index < -0.39 is 5.82 Å². The predicted octanol–water partition coefficient (Wildman–Crippen LogP) is 1.75. The van der Waals surface area contributed by atoms with E-state index in [1.54, 1.807) is 24.1 Å². The topological polar surface area (TPSA) is 53.3 Å². The molecule has 0 aliphatic rings. The van der Waals surface area contributed by atoms with Crippen LogP contribution >= 0.6 is 0 Å². The Morgan fingerprint density at radius 1 is 1.59 bits per heavy atom. The molecule has 0 spiro atoms. The van der Waals surface area contributed by atoms with Crippen LogP contribution in [0.25, 0.3) is 0 Å². The van der Waals surface area contributed by atoms with E-state index in [0.717, 1.165) is 0 Å². The van der Waals surface area contributed by atoms with Crippen molar-refractivity contribution in [3.63, 3.8) is 0 Å². The van der Waals surface area contributed by atoms with Gasteiger partial charge in [0.15, 0.2) is 17.3 Å². The zero-order chi connectivity index (χ0) is 12.8. The molecule has 5 heteroatoms. The van der Waals surface area contributed by atoms with E-state index in [1.807, 2.05) is 0 Å². The van der Waals surface area contributed by atoms with Crippen molar-refractivity contribution in [3.05, 3.63) is 24.0 Å². The Morgan fingerprint density at radius 3 is 2.82 bits per heavy atom. The molecule has 0 aliphatic carbocycles. The van der Waals surface area contributed by atoms with Gasteiger partial charge in [0.05, 0.1) is 26.1 Å². The first-order valence-electron chi connectivity index (χ1n) is 5.01. The Bertz CT molecular complexity index is 454. The third-order valence-electron chi connectivity index (χ3n) is 2.27. The predicted molar refractivity (Wildman–Crippen MR) is 61.5 cm³/mol. The second-order valence-electron chi connectivity index (χ2n) is 3.55. The molecule has 0 amide bonds. The number of nitrogens with zero attached hydrogens (tertiary/aromatic N) is 2. The fourth-order valence-electron chi connectivity index (χ4n) is 1.39. The Labute approximate surface area is 99.2 Å². The average molecular weight is 236 g/mol. The minimum absolute atomic E-state index is 0.0827. The first kappa shape index (κ1) is 13.0. The maximum atomic E-state index is 13.4. The molecule has 0 saturated carbocycles. The van der Waals surface area contributed by atoms with Crippen LogP contribution in [0.3, 0.4) is 0 Å². The van der Waals surface area contributed by atoms with E-state index in [0.29, 0.717) is 5.69 Å². The standard InChI is InChI=1S/C12H13FN2O2/c1-15(8-10(16)5-6-14)9-3-4-12(17-2)11(13)7-9/h3-4,7H,5,8H2,1-2H3. The van der Waals surface area contributed by atoms with Crippen molar-refractivity contribution < 1.29 is 13.9 Å². The fourth-order valence-corrected chi connectivity index (χ4v) is 1.39. The number of ketones is 1. The molecule has 0 unspecified atom stereocenters. The van der Waals surface area contributed by atoms with Gasteiger partial charge in [0, 0.05) is 18.8 Å². The number of hydrogen-bond donors (Lipinski definition) is 0. The second kappa shape index (κ2) is 5.85. The fraction of sp³-hybridized carbons (Fsp3) is 0.333. The van der Waals surface area contributed by atoms with Gasteiger partial charge in [-0.3, -0.25) is 4.79 Å². The summed E-state index contributed by atoms with van der Waals surface area (Å²) < 4.78 is 18.2. The molecule has 0 N–H and O–H groups in total. The zero-order valence-corrected chi connectivity index (χ0v) is 9.74. The molecule has 0 aromatic heterocycles. The molecule has 17 heavy (non-hydrogen) atoms. The number of rotatable bonds is 5. The summed E-state index contributed by atoms with van der Waals surface area (Å²) in [6.07, 6.45) is -0.136. The summed E-state index contributed by atoms with van der Waals surface area (Å²) in [6, 6.07) is 6.22. The molecule has 90 valence electrons. The van der Waals surface area contributed by atoms with Crippen LogP contribution in [-0.4, -0.2) is 26.5 Å². The maximum Gasteiger partial charge on any atom is 0.167 e. The smallest absolute Gasteiger partial charge is 0.167 e. The number of Topliss-reactive ketones (excluding diaryl/α,β-unsaturated/α-hetero) is 1. The van der Waals surface area contributed by atoms with E-state index in [2.05, 4.69) is 0 Å². The number of halogens is 1. The molecule has 0 saturated heterocycles. The van der Waals surface area contributed by atoms with E-state index in [4.69, 9.17) is 10.00 Å². The number of nitriles is 1. The van der Waals surface area contributed by atoms with Crippen LogP contribution in [0.5, 0.6) is 5.75 Å². The number of anilines is 1. The summed E-state index contributed by atoms with van der Waals surface area (Å²) in [5.41, 5.74) is 0.564. The van der Waals surface area contributed by atoms with Gasteiger partial charge in [-0.2, -0.15) is 5.26 Å². The highest BCUT2D eigenvalue weighted by molar-refractivity contribution is 5.85. The van der Waals surface area contributed by atoms with E-state index in [-0.39, 0.29) is 24.5 Å². The van der Waals surface area contributed by atoms with Crippen LogP contribution in [0.15, 0.2) is 18.2 Å². The number of benzene rings is 1. The van der Waals surface area contributed by atoms with Gasteiger partial charge in [-0.05, 0) is 12.1 Å². The van der Waals surface area contributed by atoms with Crippen molar-refractivity contribution in [2.75, 3.05) is 25.6 Å². The van der Waals surface area contributed by atoms with Crippen LogP contribution in [0.2, 0.25) is 0 Å². The highest BCUT2D eigenvalue weighted by atomic mass is 19.1. The van der Waals surface area contributed by atoms with Gasteiger partial charge in [-0.15, -0.1) is 0 Å². The SMILES string of the molecule is COc1ccc(N(C)CC(=O)CC#N)cc1F. The Balaban J connectivity index is 2.76. The molecule has 0 aliphatic heterocycles. The Morgan fingerprint density at radius 2 is 2.29 bits per heavy atom. The molecule has 0 heterocycles. The van der Waals surface area contributed by atoms with E-state index >= 15 is 0 Å². The van der Waals surface area contributed by atoms with Crippen LogP contribution < -0.4 is 9.64 Å². The van der Waals surface area contributed by atoms with Gasteiger partial charge < -0.3 is 9.64 Å². The highest BCUT2D eigenvalue weighted by Crippen LogP contribution is 2.22. The number of carbonyl (C=O) groups excluding carboxylic acids is 1. The van der Waals surface area contributed by atoms with Crippen LogP contribution in [0, 0.1) is 17.1 Å².